The first-order valence-electron chi connectivity index (χ1n) is 5.15. The Balaban J connectivity index is 2.52. The molecule has 0 atom stereocenters. The Morgan fingerprint density at radius 2 is 2.25 bits per heavy atom. The quantitative estimate of drug-likeness (QED) is 0.697. The van der Waals surface area contributed by atoms with Crippen LogP contribution >= 0.6 is 0 Å². The molecule has 16 heavy (non-hydrogen) atoms. The monoisotopic (exact) mass is 225 g/mol. The van der Waals surface area contributed by atoms with Crippen LogP contribution in [-0.2, 0) is 18.4 Å². The largest absolute Gasteiger partial charge is 0.358 e. The number of imidazole rings is 1. The molecule has 6 nitrogen and oxygen atoms in total. The number of hydrogen-bond acceptors (Lipinski definition) is 4. The average Bonchev–Trinajstić information content (AvgIpc) is 2.60. The van der Waals surface area contributed by atoms with Gasteiger partial charge in [-0.05, 0) is 0 Å². The van der Waals surface area contributed by atoms with E-state index in [1.54, 1.807) is 7.05 Å². The lowest BCUT2D eigenvalue weighted by atomic mass is 10.4. The first kappa shape index (κ1) is 12.5. The van der Waals surface area contributed by atoms with Crippen molar-refractivity contribution in [3.05, 3.63) is 11.9 Å². The second-order valence-corrected chi connectivity index (χ2v) is 3.78. The van der Waals surface area contributed by atoms with Crippen molar-refractivity contribution >= 4 is 11.9 Å². The van der Waals surface area contributed by atoms with Crippen LogP contribution in [-0.4, -0.2) is 43.1 Å². The number of carbonyl (C=O) groups is 1. The van der Waals surface area contributed by atoms with E-state index in [4.69, 9.17) is 0 Å². The van der Waals surface area contributed by atoms with Crippen LogP contribution in [0.15, 0.2) is 6.20 Å². The molecule has 2 N–H and O–H groups in total. The van der Waals surface area contributed by atoms with Crippen molar-refractivity contribution in [2.75, 3.05) is 32.6 Å². The zero-order valence-electron chi connectivity index (χ0n) is 10.2. The molecule has 0 aliphatic carbocycles. The third-order valence-electron chi connectivity index (χ3n) is 2.33. The average molecular weight is 225 g/mol. The van der Waals surface area contributed by atoms with Crippen LogP contribution in [0, 0.1) is 0 Å². The molecule has 6 heteroatoms. The topological polar surface area (TPSA) is 62.2 Å². The molecule has 0 unspecified atom stereocenters. The molecule has 0 aliphatic heterocycles. The van der Waals surface area contributed by atoms with E-state index in [0.29, 0.717) is 13.1 Å². The SMILES string of the molecule is CNC(=O)CNCc1cnc(N(C)C)n1C. The zero-order chi connectivity index (χ0) is 12.1. The molecule has 0 saturated carbocycles. The summed E-state index contributed by atoms with van der Waals surface area (Å²) in [5.74, 6) is 0.881. The second kappa shape index (κ2) is 5.50. The van der Waals surface area contributed by atoms with Gasteiger partial charge in [-0.15, -0.1) is 0 Å². The summed E-state index contributed by atoms with van der Waals surface area (Å²) in [5.41, 5.74) is 1.05. The third kappa shape index (κ3) is 2.96. The first-order chi connectivity index (χ1) is 7.56. The lowest BCUT2D eigenvalue weighted by molar-refractivity contribution is -0.119. The molecule has 0 saturated heterocycles. The Morgan fingerprint density at radius 1 is 1.56 bits per heavy atom. The Bertz CT molecular complexity index is 358. The second-order valence-electron chi connectivity index (χ2n) is 3.78. The number of carbonyl (C=O) groups excluding carboxylic acids is 1. The minimum atomic E-state index is -0.0185. The third-order valence-corrected chi connectivity index (χ3v) is 2.33. The van der Waals surface area contributed by atoms with E-state index >= 15 is 0 Å². The summed E-state index contributed by atoms with van der Waals surface area (Å²) in [6.07, 6.45) is 1.81. The molecule has 0 spiro atoms. The number of hydrogen-bond donors (Lipinski definition) is 2. The maximum Gasteiger partial charge on any atom is 0.233 e. The van der Waals surface area contributed by atoms with Crippen LogP contribution in [0.5, 0.6) is 0 Å². The number of amides is 1. The number of rotatable bonds is 5. The van der Waals surface area contributed by atoms with E-state index in [0.717, 1.165) is 11.6 Å². The normalized spacial score (nSPS) is 10.2. The molecule has 0 bridgehead atoms. The molecule has 1 aromatic heterocycles. The van der Waals surface area contributed by atoms with E-state index in [1.165, 1.54) is 0 Å². The van der Waals surface area contributed by atoms with Crippen LogP contribution in [0.2, 0.25) is 0 Å². The smallest absolute Gasteiger partial charge is 0.233 e. The van der Waals surface area contributed by atoms with Gasteiger partial charge < -0.3 is 20.1 Å². The fraction of sp³-hybridized carbons (Fsp3) is 0.600. The number of aromatic nitrogens is 2. The van der Waals surface area contributed by atoms with Gasteiger partial charge in [0.25, 0.3) is 0 Å². The summed E-state index contributed by atoms with van der Waals surface area (Å²) in [6.45, 7) is 0.948. The van der Waals surface area contributed by atoms with Gasteiger partial charge in [-0.3, -0.25) is 4.79 Å². The van der Waals surface area contributed by atoms with E-state index < -0.39 is 0 Å². The Labute approximate surface area is 95.6 Å². The van der Waals surface area contributed by atoms with Crippen molar-refractivity contribution in [3.8, 4) is 0 Å². The lowest BCUT2D eigenvalue weighted by Crippen LogP contribution is -2.31. The van der Waals surface area contributed by atoms with Gasteiger partial charge in [0.05, 0.1) is 18.4 Å². The molecule has 1 amide bonds. The van der Waals surface area contributed by atoms with Gasteiger partial charge in [-0.2, -0.15) is 0 Å². The van der Waals surface area contributed by atoms with Gasteiger partial charge in [0, 0.05) is 34.7 Å². The van der Waals surface area contributed by atoms with Gasteiger partial charge in [-0.25, -0.2) is 4.98 Å². The zero-order valence-corrected chi connectivity index (χ0v) is 10.2. The highest BCUT2D eigenvalue weighted by atomic mass is 16.1. The summed E-state index contributed by atoms with van der Waals surface area (Å²) in [7, 11) is 7.48. The van der Waals surface area contributed by atoms with Crippen LogP contribution in [0.3, 0.4) is 0 Å². The van der Waals surface area contributed by atoms with Gasteiger partial charge in [0.2, 0.25) is 11.9 Å². The molecule has 1 heterocycles. The van der Waals surface area contributed by atoms with Crippen LogP contribution < -0.4 is 15.5 Å². The molecule has 0 aromatic carbocycles. The highest BCUT2D eigenvalue weighted by Crippen LogP contribution is 2.10. The van der Waals surface area contributed by atoms with E-state index in [2.05, 4.69) is 15.6 Å². The molecule has 0 radical (unpaired) electrons. The Kier molecular flexibility index (Phi) is 4.30. The molecule has 0 aliphatic rings. The van der Waals surface area contributed by atoms with Crippen molar-refractivity contribution in [1.29, 1.82) is 0 Å². The predicted molar refractivity (Wildman–Crippen MR) is 63.3 cm³/mol. The molecule has 0 fully saturated rings. The van der Waals surface area contributed by atoms with Gasteiger partial charge >= 0.3 is 0 Å². The minimum absolute atomic E-state index is 0.0185. The van der Waals surface area contributed by atoms with Crippen molar-refractivity contribution in [3.63, 3.8) is 0 Å². The highest BCUT2D eigenvalue weighted by Gasteiger charge is 2.07. The van der Waals surface area contributed by atoms with Crippen molar-refractivity contribution in [2.45, 2.75) is 6.54 Å². The molecular weight excluding hydrogens is 206 g/mol. The van der Waals surface area contributed by atoms with E-state index in [-0.39, 0.29) is 5.91 Å². The number of anilines is 1. The Morgan fingerprint density at radius 3 is 2.75 bits per heavy atom. The van der Waals surface area contributed by atoms with Gasteiger partial charge in [0.15, 0.2) is 0 Å². The van der Waals surface area contributed by atoms with Crippen LogP contribution in [0.4, 0.5) is 5.95 Å². The number of nitrogens with one attached hydrogen (secondary N) is 2. The summed E-state index contributed by atoms with van der Waals surface area (Å²) in [5, 5.41) is 5.61. The van der Waals surface area contributed by atoms with Crippen molar-refractivity contribution in [1.82, 2.24) is 20.2 Å². The summed E-state index contributed by atoms with van der Waals surface area (Å²) < 4.78 is 2.00. The fourth-order valence-corrected chi connectivity index (χ4v) is 1.41. The number of nitrogens with zero attached hydrogens (tertiary/aromatic N) is 3. The predicted octanol–water partition coefficient (Wildman–Crippen LogP) is -0.678. The van der Waals surface area contributed by atoms with Gasteiger partial charge in [-0.1, -0.05) is 0 Å². The van der Waals surface area contributed by atoms with E-state index in [1.807, 2.05) is 36.8 Å². The van der Waals surface area contributed by atoms with Crippen molar-refractivity contribution in [2.24, 2.45) is 7.05 Å². The summed E-state index contributed by atoms with van der Waals surface area (Å²) in [6, 6.07) is 0. The maximum absolute atomic E-state index is 11.0. The lowest BCUT2D eigenvalue weighted by Gasteiger charge is -2.12. The molecule has 1 rings (SSSR count). The van der Waals surface area contributed by atoms with Crippen molar-refractivity contribution < 1.29 is 4.79 Å². The maximum atomic E-state index is 11.0. The summed E-state index contributed by atoms with van der Waals surface area (Å²) in [4.78, 5) is 17.2. The van der Waals surface area contributed by atoms with Crippen LogP contribution in [0.25, 0.3) is 0 Å². The molecule has 1 aromatic rings. The van der Waals surface area contributed by atoms with Crippen LogP contribution in [0.1, 0.15) is 5.69 Å². The first-order valence-corrected chi connectivity index (χ1v) is 5.15. The standard InChI is InChI=1S/C10H19N5O/c1-11-9(16)7-12-5-8-6-13-10(14(2)3)15(8)4/h6,12H,5,7H2,1-4H3,(H,11,16). The van der Waals surface area contributed by atoms with Gasteiger partial charge in [0.1, 0.15) is 0 Å². The van der Waals surface area contributed by atoms with E-state index in [9.17, 15) is 4.79 Å². The number of likely N-dealkylation sites (N-methyl/N-ethyl adjacent to an activating group) is 1. The Hall–Kier alpha value is -1.56. The molecule has 90 valence electrons. The highest BCUT2D eigenvalue weighted by molar-refractivity contribution is 5.77. The molecular formula is C10H19N5O. The fourth-order valence-electron chi connectivity index (χ4n) is 1.41. The summed E-state index contributed by atoms with van der Waals surface area (Å²) >= 11 is 0. The minimum Gasteiger partial charge on any atom is -0.358 e.